The number of alkyl halides is 2. The van der Waals surface area contributed by atoms with E-state index in [1.54, 1.807) is 0 Å². The fourth-order valence-electron chi connectivity index (χ4n) is 2.58. The van der Waals surface area contributed by atoms with E-state index in [2.05, 4.69) is 20.1 Å². The maximum atomic E-state index is 8.67. The molecular formula is C15H26Cl2N6O6. The second kappa shape index (κ2) is 17.8. The first kappa shape index (κ1) is 26.0. The SMILES string of the molecule is [N-]=[N+]=NC[C@@H]1OCO[C@H](CN=[N+]=[N-])[C@H](OCCOCCCl)[C@@H]1OCCOCCCl. The first-order valence-corrected chi connectivity index (χ1v) is 10.1. The average Bonchev–Trinajstić information content (AvgIpc) is 2.89. The van der Waals surface area contributed by atoms with Crippen LogP contribution in [0.3, 0.4) is 0 Å². The van der Waals surface area contributed by atoms with Gasteiger partial charge in [0, 0.05) is 21.6 Å². The van der Waals surface area contributed by atoms with Crippen LogP contribution in [0.5, 0.6) is 0 Å². The molecule has 1 aliphatic rings. The highest BCUT2D eigenvalue weighted by atomic mass is 35.5. The fraction of sp³-hybridized carbons (Fsp3) is 1.00. The molecule has 166 valence electrons. The Morgan fingerprint density at radius 2 is 1.21 bits per heavy atom. The molecule has 1 saturated heterocycles. The molecule has 29 heavy (non-hydrogen) atoms. The van der Waals surface area contributed by atoms with E-state index in [-0.39, 0.29) is 33.1 Å². The number of hydrogen-bond acceptors (Lipinski definition) is 8. The van der Waals surface area contributed by atoms with E-state index in [9.17, 15) is 0 Å². The summed E-state index contributed by atoms with van der Waals surface area (Å²) in [6.45, 7) is 1.82. The van der Waals surface area contributed by atoms with Crippen LogP contribution in [0, 0.1) is 0 Å². The van der Waals surface area contributed by atoms with Crippen LogP contribution in [0.15, 0.2) is 10.2 Å². The number of halogens is 2. The van der Waals surface area contributed by atoms with Crippen LogP contribution < -0.4 is 0 Å². The monoisotopic (exact) mass is 456 g/mol. The zero-order valence-electron chi connectivity index (χ0n) is 16.0. The Morgan fingerprint density at radius 3 is 1.59 bits per heavy atom. The second-order valence-corrected chi connectivity index (χ2v) is 6.38. The molecule has 0 radical (unpaired) electrons. The number of hydrogen-bond donors (Lipinski definition) is 0. The van der Waals surface area contributed by atoms with Gasteiger partial charge in [0.1, 0.15) is 19.0 Å². The van der Waals surface area contributed by atoms with Crippen molar-refractivity contribution in [3.8, 4) is 0 Å². The summed E-state index contributed by atoms with van der Waals surface area (Å²) in [7, 11) is 0. The minimum absolute atomic E-state index is 0.0178. The van der Waals surface area contributed by atoms with Gasteiger partial charge in [0.2, 0.25) is 0 Å². The molecule has 0 bridgehead atoms. The molecule has 0 aromatic heterocycles. The zero-order valence-corrected chi connectivity index (χ0v) is 17.5. The molecule has 0 aliphatic carbocycles. The summed E-state index contributed by atoms with van der Waals surface area (Å²) in [5.41, 5.74) is 17.3. The largest absolute Gasteiger partial charge is 0.378 e. The molecule has 0 amide bonds. The second-order valence-electron chi connectivity index (χ2n) is 5.63. The van der Waals surface area contributed by atoms with Crippen molar-refractivity contribution in [1.29, 1.82) is 0 Å². The molecule has 1 rings (SSSR count). The molecule has 12 nitrogen and oxygen atoms in total. The predicted octanol–water partition coefficient (Wildman–Crippen LogP) is 2.63. The van der Waals surface area contributed by atoms with Gasteiger partial charge < -0.3 is 28.4 Å². The Bertz CT molecular complexity index is 480. The summed E-state index contributed by atoms with van der Waals surface area (Å²) in [5.74, 6) is 0.754. The summed E-state index contributed by atoms with van der Waals surface area (Å²) < 4.78 is 33.8. The van der Waals surface area contributed by atoms with Gasteiger partial charge in [-0.1, -0.05) is 10.2 Å². The molecule has 0 N–H and O–H groups in total. The standard InChI is InChI=1S/C15H26Cl2N6O6/c16-1-3-24-5-7-26-14-12(9-20-22-18)28-11-29-13(10-21-23-19)15(14)27-8-6-25-4-2-17/h12-15H,1-11H2/t12-,13+,14+,15-. The van der Waals surface area contributed by atoms with Crippen molar-refractivity contribution in [3.63, 3.8) is 0 Å². The van der Waals surface area contributed by atoms with Gasteiger partial charge in [-0.2, -0.15) is 0 Å². The maximum absolute atomic E-state index is 8.67. The van der Waals surface area contributed by atoms with E-state index in [4.69, 9.17) is 62.7 Å². The number of rotatable bonds is 16. The molecule has 0 spiro atoms. The highest BCUT2D eigenvalue weighted by Crippen LogP contribution is 2.22. The molecule has 1 fully saturated rings. The molecule has 14 heteroatoms. The number of ether oxygens (including phenoxy) is 6. The van der Waals surface area contributed by atoms with E-state index in [1.807, 2.05) is 0 Å². The Hall–Kier alpha value is -1.04. The molecule has 1 aliphatic heterocycles. The highest BCUT2D eigenvalue weighted by Gasteiger charge is 2.40. The first-order valence-electron chi connectivity index (χ1n) is 9.04. The van der Waals surface area contributed by atoms with Gasteiger partial charge >= 0.3 is 0 Å². The summed E-state index contributed by atoms with van der Waals surface area (Å²) in [6.07, 6.45) is -2.56. The summed E-state index contributed by atoms with van der Waals surface area (Å²) in [4.78, 5) is 5.55. The number of nitrogens with zero attached hydrogens (tertiary/aromatic N) is 6. The molecule has 0 aromatic carbocycles. The van der Waals surface area contributed by atoms with E-state index in [0.29, 0.717) is 38.2 Å². The first-order chi connectivity index (χ1) is 14.3. The summed E-state index contributed by atoms with van der Waals surface area (Å²) >= 11 is 11.2. The lowest BCUT2D eigenvalue weighted by molar-refractivity contribution is -0.139. The van der Waals surface area contributed by atoms with E-state index >= 15 is 0 Å². The fourth-order valence-corrected chi connectivity index (χ4v) is 2.80. The number of azide groups is 2. The lowest BCUT2D eigenvalue weighted by atomic mass is 10.0. The molecule has 1 heterocycles. The molecule has 0 unspecified atom stereocenters. The third kappa shape index (κ3) is 11.1. The molecule has 0 saturated carbocycles. The third-order valence-corrected chi connectivity index (χ3v) is 4.10. The van der Waals surface area contributed by atoms with Crippen LogP contribution in [0.1, 0.15) is 0 Å². The summed E-state index contributed by atoms with van der Waals surface area (Å²) in [6, 6.07) is 0. The van der Waals surface area contributed by atoms with E-state index in [1.165, 1.54) is 0 Å². The lowest BCUT2D eigenvalue weighted by Crippen LogP contribution is -2.49. The van der Waals surface area contributed by atoms with Crippen LogP contribution in [0.4, 0.5) is 0 Å². The quantitative estimate of drug-likeness (QED) is 0.114. The van der Waals surface area contributed by atoms with Crippen molar-refractivity contribution in [1.82, 2.24) is 0 Å². The third-order valence-electron chi connectivity index (χ3n) is 3.79. The van der Waals surface area contributed by atoms with Crippen molar-refractivity contribution in [2.24, 2.45) is 10.2 Å². The van der Waals surface area contributed by atoms with Gasteiger partial charge in [0.25, 0.3) is 0 Å². The van der Waals surface area contributed by atoms with E-state index in [0.717, 1.165) is 0 Å². The predicted molar refractivity (Wildman–Crippen MR) is 105 cm³/mol. The molecule has 0 aromatic rings. The van der Waals surface area contributed by atoms with Crippen LogP contribution in [-0.2, 0) is 28.4 Å². The Balaban J connectivity index is 2.87. The Kier molecular flexibility index (Phi) is 15.9. The van der Waals surface area contributed by atoms with Gasteiger partial charge in [-0.25, -0.2) is 0 Å². The minimum atomic E-state index is -0.658. The van der Waals surface area contributed by atoms with Crippen molar-refractivity contribution >= 4 is 23.2 Å². The normalized spacial score (nSPS) is 24.3. The van der Waals surface area contributed by atoms with Crippen LogP contribution in [0.2, 0.25) is 0 Å². The maximum Gasteiger partial charge on any atom is 0.147 e. The van der Waals surface area contributed by atoms with Crippen molar-refractivity contribution in [3.05, 3.63) is 20.9 Å². The van der Waals surface area contributed by atoms with Crippen LogP contribution in [-0.4, -0.2) is 95.7 Å². The van der Waals surface area contributed by atoms with Crippen molar-refractivity contribution in [2.75, 3.05) is 71.3 Å². The average molecular weight is 457 g/mol. The highest BCUT2D eigenvalue weighted by molar-refractivity contribution is 6.18. The van der Waals surface area contributed by atoms with Crippen LogP contribution in [0.25, 0.3) is 20.9 Å². The smallest absolute Gasteiger partial charge is 0.147 e. The molecular weight excluding hydrogens is 431 g/mol. The topological polar surface area (TPSA) is 153 Å². The lowest BCUT2D eigenvalue weighted by Gasteiger charge is -2.32. The van der Waals surface area contributed by atoms with Gasteiger partial charge in [-0.15, -0.1) is 23.2 Å². The van der Waals surface area contributed by atoms with Gasteiger partial charge in [-0.3, -0.25) is 0 Å². The zero-order chi connectivity index (χ0) is 21.2. The summed E-state index contributed by atoms with van der Waals surface area (Å²) in [5, 5.41) is 7.16. The van der Waals surface area contributed by atoms with Crippen LogP contribution >= 0.6 is 23.2 Å². The van der Waals surface area contributed by atoms with Crippen molar-refractivity contribution < 1.29 is 28.4 Å². The van der Waals surface area contributed by atoms with Gasteiger partial charge in [-0.05, 0) is 11.1 Å². The van der Waals surface area contributed by atoms with E-state index < -0.39 is 24.4 Å². The molecule has 4 atom stereocenters. The van der Waals surface area contributed by atoms with Gasteiger partial charge in [0.15, 0.2) is 0 Å². The van der Waals surface area contributed by atoms with Gasteiger partial charge in [0.05, 0.1) is 64.9 Å². The van der Waals surface area contributed by atoms with Crippen molar-refractivity contribution in [2.45, 2.75) is 24.4 Å². The Morgan fingerprint density at radius 1 is 0.759 bits per heavy atom. The minimum Gasteiger partial charge on any atom is -0.378 e. The Labute approximate surface area is 178 Å².